The molecule has 4 heterocycles. The Hall–Kier alpha value is -4.06. The van der Waals surface area contributed by atoms with Gasteiger partial charge in [0.2, 0.25) is 11.8 Å². The molecule has 0 unspecified atom stereocenters. The molecule has 0 N–H and O–H groups in total. The van der Waals surface area contributed by atoms with E-state index >= 15 is 0 Å². The van der Waals surface area contributed by atoms with Gasteiger partial charge in [0, 0.05) is 56.8 Å². The Balaban J connectivity index is 1.43. The number of methoxy groups -OCH3 is 2. The number of hydrogen-bond acceptors (Lipinski definition) is 9. The van der Waals surface area contributed by atoms with E-state index in [1.54, 1.807) is 35.2 Å². The second-order valence-electron chi connectivity index (χ2n) is 9.65. The molecular weight excluding hydrogens is 515 g/mol. The molecule has 0 aliphatic carbocycles. The second-order valence-corrected chi connectivity index (χ2v) is 9.65. The third-order valence-electron chi connectivity index (χ3n) is 6.97. The van der Waals surface area contributed by atoms with Gasteiger partial charge in [0.1, 0.15) is 11.9 Å². The molecule has 0 radical (unpaired) electrons. The molecule has 1 fully saturated rings. The summed E-state index contributed by atoms with van der Waals surface area (Å²) in [6, 6.07) is 14.5. The van der Waals surface area contributed by atoms with E-state index in [0.29, 0.717) is 36.8 Å². The summed E-state index contributed by atoms with van der Waals surface area (Å²) in [6.07, 6.45) is 2.98. The Bertz CT molecular complexity index is 1460. The van der Waals surface area contributed by atoms with Gasteiger partial charge in [-0.15, -0.1) is 5.10 Å². The van der Waals surface area contributed by atoms with Crippen LogP contribution in [0, 0.1) is 18.8 Å². The highest BCUT2D eigenvalue weighted by Crippen LogP contribution is 2.37. The van der Waals surface area contributed by atoms with E-state index in [1.165, 1.54) is 19.4 Å². The first kappa shape index (κ1) is 27.5. The molecule has 11 heteroatoms. The minimum atomic E-state index is -0.585. The van der Waals surface area contributed by atoms with E-state index in [9.17, 15) is 9.18 Å². The lowest BCUT2D eigenvalue weighted by molar-refractivity contribution is -0.155. The predicted octanol–water partition coefficient (Wildman–Crippen LogP) is 3.93. The first-order valence-corrected chi connectivity index (χ1v) is 13.0. The quantitative estimate of drug-likeness (QED) is 0.259. The minimum Gasteiger partial charge on any atom is -0.480 e. The number of para-hydroxylation sites is 1. The smallest absolute Gasteiger partial charge is 0.233 e. The van der Waals surface area contributed by atoms with Crippen LogP contribution < -0.4 is 4.74 Å². The highest BCUT2D eigenvalue weighted by Gasteiger charge is 2.37. The summed E-state index contributed by atoms with van der Waals surface area (Å²) < 4.78 is 26.2. The lowest BCUT2D eigenvalue weighted by Crippen LogP contribution is -2.24. The standard InChI is InChI=1S/C29H31FN6O4/c1-19-25(36(23-7-5-4-6-8-23)34-28(19)21-15-27(39-3)33-32-17-21)16-24(37)13-22-18-35(11-12-38-2)40-29(22)20-9-10-31-26(30)14-20/h4-10,14-15,17,22,29H,11-13,16,18H2,1-3H3/t22-,29+/m1/s1. The van der Waals surface area contributed by atoms with E-state index in [0.717, 1.165) is 22.5 Å². The van der Waals surface area contributed by atoms with Crippen LogP contribution in [-0.2, 0) is 20.8 Å². The van der Waals surface area contributed by atoms with Gasteiger partial charge in [0.25, 0.3) is 0 Å². The molecule has 1 aliphatic heterocycles. The van der Waals surface area contributed by atoms with Gasteiger partial charge >= 0.3 is 0 Å². The van der Waals surface area contributed by atoms with E-state index in [4.69, 9.17) is 19.4 Å². The molecule has 1 aliphatic rings. The molecule has 40 heavy (non-hydrogen) atoms. The molecule has 4 aromatic rings. The number of halogens is 1. The van der Waals surface area contributed by atoms with Crippen LogP contribution in [0.2, 0.25) is 0 Å². The summed E-state index contributed by atoms with van der Waals surface area (Å²) in [4.78, 5) is 23.4. The van der Waals surface area contributed by atoms with Gasteiger partial charge in [-0.2, -0.15) is 19.7 Å². The first-order valence-electron chi connectivity index (χ1n) is 13.0. The largest absolute Gasteiger partial charge is 0.480 e. The molecular formula is C29H31FN6O4. The van der Waals surface area contributed by atoms with Crippen molar-refractivity contribution in [1.29, 1.82) is 0 Å². The Labute approximate surface area is 231 Å². The van der Waals surface area contributed by atoms with Gasteiger partial charge in [-0.3, -0.25) is 9.63 Å². The van der Waals surface area contributed by atoms with Crippen LogP contribution in [0.25, 0.3) is 16.9 Å². The van der Waals surface area contributed by atoms with Crippen LogP contribution >= 0.6 is 0 Å². The van der Waals surface area contributed by atoms with Crippen LogP contribution in [0.4, 0.5) is 4.39 Å². The van der Waals surface area contributed by atoms with Crippen LogP contribution in [0.3, 0.4) is 0 Å². The fourth-order valence-corrected chi connectivity index (χ4v) is 5.01. The first-order chi connectivity index (χ1) is 19.5. The summed E-state index contributed by atoms with van der Waals surface area (Å²) in [5, 5.41) is 14.7. The van der Waals surface area contributed by atoms with Gasteiger partial charge in [-0.25, -0.2) is 9.67 Å². The number of rotatable bonds is 11. The number of benzene rings is 1. The zero-order valence-corrected chi connectivity index (χ0v) is 22.7. The third-order valence-corrected chi connectivity index (χ3v) is 6.97. The molecule has 208 valence electrons. The summed E-state index contributed by atoms with van der Waals surface area (Å²) in [5.41, 5.74) is 4.57. The SMILES string of the molecule is COCCN1C[C@@H](CC(=O)Cc2c(C)c(-c3cnnc(OC)c3)nn2-c2ccccc2)[C@H](c2ccnc(F)c2)O1. The van der Waals surface area contributed by atoms with Gasteiger partial charge in [-0.1, -0.05) is 18.2 Å². The summed E-state index contributed by atoms with van der Waals surface area (Å²) in [6.45, 7) is 3.49. The van der Waals surface area contributed by atoms with Crippen molar-refractivity contribution in [3.8, 4) is 22.8 Å². The fraction of sp³-hybridized carbons (Fsp3) is 0.345. The van der Waals surface area contributed by atoms with Gasteiger partial charge in [0.15, 0.2) is 0 Å². The van der Waals surface area contributed by atoms with Gasteiger partial charge in [0.05, 0.1) is 37.0 Å². The maximum Gasteiger partial charge on any atom is 0.233 e. The molecule has 1 aromatic carbocycles. The van der Waals surface area contributed by atoms with Crippen molar-refractivity contribution >= 4 is 5.78 Å². The highest BCUT2D eigenvalue weighted by molar-refractivity contribution is 5.82. The topological polar surface area (TPSA) is 104 Å². The summed E-state index contributed by atoms with van der Waals surface area (Å²) >= 11 is 0. The predicted molar refractivity (Wildman–Crippen MR) is 144 cm³/mol. The number of Topliss-reactive ketones (excluding diaryl/α,β-unsaturated/α-hetero) is 1. The van der Waals surface area contributed by atoms with Crippen molar-refractivity contribution in [2.45, 2.75) is 25.9 Å². The van der Waals surface area contributed by atoms with Crippen molar-refractivity contribution in [3.63, 3.8) is 0 Å². The van der Waals surface area contributed by atoms with E-state index in [-0.39, 0.29) is 24.5 Å². The van der Waals surface area contributed by atoms with E-state index in [1.807, 2.05) is 37.3 Å². The molecule has 1 saturated heterocycles. The number of nitrogens with zero attached hydrogens (tertiary/aromatic N) is 6. The maximum atomic E-state index is 13.9. The number of carbonyl (C=O) groups is 1. The number of aromatic nitrogens is 5. The number of carbonyl (C=O) groups excluding carboxylic acids is 1. The maximum absolute atomic E-state index is 13.9. The minimum absolute atomic E-state index is 0.0267. The monoisotopic (exact) mass is 546 g/mol. The number of ether oxygens (including phenoxy) is 2. The average Bonchev–Trinajstić information content (AvgIpc) is 3.52. The molecule has 0 bridgehead atoms. The Morgan fingerprint density at radius 2 is 2.00 bits per heavy atom. The van der Waals surface area contributed by atoms with Crippen molar-refractivity contribution in [3.05, 3.63) is 83.7 Å². The van der Waals surface area contributed by atoms with Crippen molar-refractivity contribution < 1.29 is 23.5 Å². The third kappa shape index (κ3) is 6.06. The number of hydroxylamine groups is 2. The number of ketones is 1. The van der Waals surface area contributed by atoms with Crippen molar-refractivity contribution in [2.75, 3.05) is 33.9 Å². The Morgan fingerprint density at radius 1 is 1.18 bits per heavy atom. The summed E-state index contributed by atoms with van der Waals surface area (Å²) in [7, 11) is 3.15. The summed E-state index contributed by atoms with van der Waals surface area (Å²) in [5.74, 6) is -0.355. The Morgan fingerprint density at radius 3 is 2.75 bits per heavy atom. The average molecular weight is 547 g/mol. The van der Waals surface area contributed by atoms with Crippen molar-refractivity contribution in [2.24, 2.45) is 5.92 Å². The lowest BCUT2D eigenvalue weighted by atomic mass is 9.91. The number of hydrogen-bond donors (Lipinski definition) is 0. The lowest BCUT2D eigenvalue weighted by Gasteiger charge is -2.17. The zero-order valence-electron chi connectivity index (χ0n) is 22.7. The van der Waals surface area contributed by atoms with Crippen LogP contribution in [0.1, 0.15) is 29.3 Å². The molecule has 0 spiro atoms. The highest BCUT2D eigenvalue weighted by atomic mass is 19.1. The van der Waals surface area contributed by atoms with Gasteiger partial charge in [-0.05, 0) is 42.3 Å². The van der Waals surface area contributed by atoms with Crippen LogP contribution in [-0.4, -0.2) is 69.7 Å². The fourth-order valence-electron chi connectivity index (χ4n) is 5.01. The van der Waals surface area contributed by atoms with Crippen LogP contribution in [0.15, 0.2) is 60.9 Å². The molecule has 5 rings (SSSR count). The molecule has 3 aromatic heterocycles. The molecule has 2 atom stereocenters. The number of pyridine rings is 1. The van der Waals surface area contributed by atoms with Crippen molar-refractivity contribution in [1.82, 2.24) is 30.0 Å². The Kier molecular flexibility index (Phi) is 8.54. The zero-order chi connectivity index (χ0) is 28.1. The van der Waals surface area contributed by atoms with Crippen LogP contribution in [0.5, 0.6) is 5.88 Å². The molecule has 0 saturated carbocycles. The molecule has 0 amide bonds. The second kappa shape index (κ2) is 12.4. The normalized spacial score (nSPS) is 17.3. The van der Waals surface area contributed by atoms with Gasteiger partial charge < -0.3 is 9.47 Å². The van der Waals surface area contributed by atoms with E-state index < -0.39 is 12.1 Å². The molecule has 10 nitrogen and oxygen atoms in total. The van der Waals surface area contributed by atoms with E-state index in [2.05, 4.69) is 15.2 Å².